The number of aryl methyl sites for hydroxylation is 1. The van der Waals surface area contributed by atoms with E-state index in [2.05, 4.69) is 36.7 Å². The first-order valence-corrected chi connectivity index (χ1v) is 15.4. The minimum absolute atomic E-state index is 0.00452. The van der Waals surface area contributed by atoms with Gasteiger partial charge in [0.1, 0.15) is 17.3 Å². The fourth-order valence-electron chi connectivity index (χ4n) is 5.76. The fourth-order valence-corrected chi connectivity index (χ4v) is 5.76. The van der Waals surface area contributed by atoms with Crippen LogP contribution in [-0.2, 0) is 5.41 Å². The van der Waals surface area contributed by atoms with Gasteiger partial charge in [-0.05, 0) is 86.8 Å². The molecule has 3 N–H and O–H groups in total. The second kappa shape index (κ2) is 13.6. The van der Waals surface area contributed by atoms with E-state index in [-0.39, 0.29) is 29.1 Å². The maximum absolute atomic E-state index is 14.2. The number of urea groups is 1. The van der Waals surface area contributed by atoms with Gasteiger partial charge in [0.25, 0.3) is 0 Å². The molecule has 236 valence electrons. The van der Waals surface area contributed by atoms with Crippen LogP contribution in [0.15, 0.2) is 72.8 Å². The molecule has 0 aliphatic carbocycles. The van der Waals surface area contributed by atoms with Gasteiger partial charge in [-0.15, -0.1) is 0 Å². The molecule has 1 saturated heterocycles. The van der Waals surface area contributed by atoms with Gasteiger partial charge in [-0.25, -0.2) is 9.48 Å². The van der Waals surface area contributed by atoms with E-state index in [4.69, 9.17) is 14.6 Å². The van der Waals surface area contributed by atoms with Crippen molar-refractivity contribution in [3.8, 4) is 17.2 Å². The SMILES string of the molecule is COc1ccc(OC)c(C(=O)C(c2ccc(NC(=O)Nc3cc(C(C)(C)C)nn3-c3ccc(C)cc3)cc2)C2CCNCC2)c1. The van der Waals surface area contributed by atoms with Gasteiger partial charge in [0.2, 0.25) is 0 Å². The minimum atomic E-state index is -0.386. The topological polar surface area (TPSA) is 107 Å². The average Bonchev–Trinajstić information content (AvgIpc) is 3.46. The molecule has 3 aromatic carbocycles. The Morgan fingerprint density at radius 2 is 1.60 bits per heavy atom. The Bertz CT molecular complexity index is 1630. The fraction of sp³-hybridized carbons (Fsp3) is 0.361. The van der Waals surface area contributed by atoms with E-state index in [1.807, 2.05) is 61.5 Å². The molecule has 9 heteroatoms. The second-order valence-corrected chi connectivity index (χ2v) is 12.6. The summed E-state index contributed by atoms with van der Waals surface area (Å²) < 4.78 is 12.7. The second-order valence-electron chi connectivity index (χ2n) is 12.6. The molecule has 4 aromatic rings. The summed E-state index contributed by atoms with van der Waals surface area (Å²) in [5.74, 6) is 1.49. The summed E-state index contributed by atoms with van der Waals surface area (Å²) in [6, 6.07) is 22.4. The van der Waals surface area contributed by atoms with Crippen LogP contribution in [0.3, 0.4) is 0 Å². The number of nitrogens with zero attached hydrogens (tertiary/aromatic N) is 2. The number of hydrogen-bond donors (Lipinski definition) is 3. The number of anilines is 2. The highest BCUT2D eigenvalue weighted by Crippen LogP contribution is 2.38. The first-order chi connectivity index (χ1) is 21.6. The quantitative estimate of drug-likeness (QED) is 0.175. The molecule has 5 rings (SSSR count). The van der Waals surface area contributed by atoms with Crippen LogP contribution in [0.25, 0.3) is 5.69 Å². The molecule has 2 amide bonds. The molecule has 1 unspecified atom stereocenters. The Morgan fingerprint density at radius 1 is 0.911 bits per heavy atom. The van der Waals surface area contributed by atoms with Crippen LogP contribution in [0, 0.1) is 12.8 Å². The number of benzene rings is 3. The third-order valence-electron chi connectivity index (χ3n) is 8.34. The highest BCUT2D eigenvalue weighted by molar-refractivity contribution is 6.04. The van der Waals surface area contributed by atoms with Crippen molar-refractivity contribution in [2.45, 2.75) is 51.9 Å². The minimum Gasteiger partial charge on any atom is -0.497 e. The molecule has 0 radical (unpaired) electrons. The Labute approximate surface area is 265 Å². The van der Waals surface area contributed by atoms with Gasteiger partial charge in [0, 0.05) is 17.2 Å². The number of aromatic nitrogens is 2. The number of Topliss-reactive ketones (excluding diaryl/α,β-unsaturated/α-hetero) is 1. The summed E-state index contributed by atoms with van der Waals surface area (Å²) in [6.45, 7) is 10.0. The van der Waals surface area contributed by atoms with Gasteiger partial charge in [0.05, 0.1) is 37.1 Å². The molecule has 1 aromatic heterocycles. The van der Waals surface area contributed by atoms with Crippen molar-refractivity contribution in [3.63, 3.8) is 0 Å². The summed E-state index contributed by atoms with van der Waals surface area (Å²) in [6.07, 6.45) is 1.77. The summed E-state index contributed by atoms with van der Waals surface area (Å²) >= 11 is 0. The number of rotatable bonds is 9. The summed E-state index contributed by atoms with van der Waals surface area (Å²) in [5, 5.41) is 14.1. The third kappa shape index (κ3) is 7.37. The molecule has 1 fully saturated rings. The van der Waals surface area contributed by atoms with Gasteiger partial charge in [-0.2, -0.15) is 5.10 Å². The van der Waals surface area contributed by atoms with E-state index < -0.39 is 0 Å². The Morgan fingerprint density at radius 3 is 2.22 bits per heavy atom. The highest BCUT2D eigenvalue weighted by atomic mass is 16.5. The number of ketones is 1. The van der Waals surface area contributed by atoms with Crippen molar-refractivity contribution >= 4 is 23.3 Å². The molecule has 0 spiro atoms. The molecule has 0 bridgehead atoms. The van der Waals surface area contributed by atoms with Crippen molar-refractivity contribution in [1.29, 1.82) is 0 Å². The molecular formula is C36H43N5O4. The van der Waals surface area contributed by atoms with E-state index in [0.717, 1.165) is 48.4 Å². The van der Waals surface area contributed by atoms with Gasteiger partial charge in [-0.1, -0.05) is 50.6 Å². The normalized spacial score (nSPS) is 14.4. The molecule has 45 heavy (non-hydrogen) atoms. The molecule has 1 aliphatic heterocycles. The Balaban J connectivity index is 1.38. The van der Waals surface area contributed by atoms with E-state index in [0.29, 0.717) is 28.6 Å². The van der Waals surface area contributed by atoms with Crippen molar-refractivity contribution in [1.82, 2.24) is 15.1 Å². The standard InChI is InChI=1S/C36H43N5O4/c1-23-7-13-27(14-8-23)41-32(22-31(40-41)36(2,3)4)39-35(43)38-26-11-9-24(10-12-26)33(25-17-19-37-20-18-25)34(42)29-21-28(44-5)15-16-30(29)45-6/h7-16,21-22,25,33,37H,17-20H2,1-6H3,(H2,38,39,43). The van der Waals surface area contributed by atoms with Crippen molar-refractivity contribution < 1.29 is 19.1 Å². The zero-order valence-electron chi connectivity index (χ0n) is 26.9. The number of amides is 2. The van der Waals surface area contributed by atoms with Crippen LogP contribution >= 0.6 is 0 Å². The lowest BCUT2D eigenvalue weighted by molar-refractivity contribution is 0.0912. The van der Waals surface area contributed by atoms with E-state index in [1.165, 1.54) is 0 Å². The van der Waals surface area contributed by atoms with Gasteiger partial charge < -0.3 is 20.1 Å². The molecular weight excluding hydrogens is 566 g/mol. The summed E-state index contributed by atoms with van der Waals surface area (Å²) in [4.78, 5) is 27.4. The molecule has 1 aliphatic rings. The zero-order chi connectivity index (χ0) is 32.1. The monoisotopic (exact) mass is 609 g/mol. The Hall–Kier alpha value is -4.63. The van der Waals surface area contributed by atoms with E-state index in [1.54, 1.807) is 37.1 Å². The molecule has 1 atom stereocenters. The van der Waals surface area contributed by atoms with Crippen molar-refractivity contribution in [3.05, 3.63) is 95.2 Å². The van der Waals surface area contributed by atoms with Gasteiger partial charge in [0.15, 0.2) is 5.78 Å². The van der Waals surface area contributed by atoms with Crippen molar-refractivity contribution in [2.24, 2.45) is 5.92 Å². The number of ether oxygens (including phenoxy) is 2. The van der Waals surface area contributed by atoms with Gasteiger partial charge in [-0.3, -0.25) is 10.1 Å². The number of carbonyl (C=O) groups excluding carboxylic acids is 2. The smallest absolute Gasteiger partial charge is 0.324 e. The van der Waals surface area contributed by atoms with E-state index >= 15 is 0 Å². The lowest BCUT2D eigenvalue weighted by atomic mass is 9.76. The molecule has 0 saturated carbocycles. The lowest BCUT2D eigenvalue weighted by Crippen LogP contribution is -2.33. The predicted molar refractivity (Wildman–Crippen MR) is 178 cm³/mol. The summed E-state index contributed by atoms with van der Waals surface area (Å²) in [5.41, 5.74) is 4.68. The number of methoxy groups -OCH3 is 2. The predicted octanol–water partition coefficient (Wildman–Crippen LogP) is 7.11. The largest absolute Gasteiger partial charge is 0.497 e. The summed E-state index contributed by atoms with van der Waals surface area (Å²) in [7, 11) is 3.16. The number of hydrogen-bond acceptors (Lipinski definition) is 6. The van der Waals surface area contributed by atoms with Crippen LogP contribution < -0.4 is 25.4 Å². The number of carbonyl (C=O) groups is 2. The zero-order valence-corrected chi connectivity index (χ0v) is 26.9. The lowest BCUT2D eigenvalue weighted by Gasteiger charge is -2.30. The Kier molecular flexibility index (Phi) is 9.58. The first kappa shape index (κ1) is 31.8. The van der Waals surface area contributed by atoms with Crippen LogP contribution in [0.5, 0.6) is 11.5 Å². The van der Waals surface area contributed by atoms with E-state index in [9.17, 15) is 9.59 Å². The molecule has 9 nitrogen and oxygen atoms in total. The van der Waals surface area contributed by atoms with Crippen LogP contribution in [0.2, 0.25) is 0 Å². The third-order valence-corrected chi connectivity index (χ3v) is 8.34. The first-order valence-electron chi connectivity index (χ1n) is 15.4. The number of nitrogens with one attached hydrogen (secondary N) is 3. The highest BCUT2D eigenvalue weighted by Gasteiger charge is 2.33. The maximum Gasteiger partial charge on any atom is 0.324 e. The van der Waals surface area contributed by atoms with Crippen LogP contribution in [0.1, 0.15) is 66.7 Å². The van der Waals surface area contributed by atoms with Crippen molar-refractivity contribution in [2.75, 3.05) is 37.9 Å². The average molecular weight is 610 g/mol. The van der Waals surface area contributed by atoms with Gasteiger partial charge >= 0.3 is 6.03 Å². The van der Waals surface area contributed by atoms with Crippen LogP contribution in [0.4, 0.5) is 16.3 Å². The number of piperidine rings is 1. The maximum atomic E-state index is 14.2. The van der Waals surface area contributed by atoms with Crippen LogP contribution in [-0.4, -0.2) is 48.9 Å². The molecule has 2 heterocycles.